The van der Waals surface area contributed by atoms with Gasteiger partial charge in [-0.2, -0.15) is 0 Å². The van der Waals surface area contributed by atoms with Crippen molar-refractivity contribution in [2.45, 2.75) is 6.42 Å². The Morgan fingerprint density at radius 2 is 2.18 bits per heavy atom. The van der Waals surface area contributed by atoms with Gasteiger partial charge in [0.2, 0.25) is 5.91 Å². The van der Waals surface area contributed by atoms with Crippen LogP contribution in [0, 0.1) is 5.92 Å². The third-order valence-corrected chi connectivity index (χ3v) is 4.60. The number of carbonyl (C=O) groups is 1. The van der Waals surface area contributed by atoms with Crippen LogP contribution in [0.15, 0.2) is 12.3 Å². The van der Waals surface area contributed by atoms with Gasteiger partial charge in [-0.05, 0) is 18.4 Å². The normalized spacial score (nSPS) is 23.0. The molecule has 22 heavy (non-hydrogen) atoms. The number of anilines is 1. The van der Waals surface area contributed by atoms with E-state index in [-0.39, 0.29) is 0 Å². The Kier molecular flexibility index (Phi) is 4.81. The molecule has 0 spiro atoms. The van der Waals surface area contributed by atoms with Crippen molar-refractivity contribution in [1.82, 2.24) is 9.88 Å². The number of aromatic nitrogens is 1. The summed E-state index contributed by atoms with van der Waals surface area (Å²) in [7, 11) is 0. The lowest BCUT2D eigenvalue weighted by molar-refractivity contribution is 0.1000. The molecule has 0 aromatic carbocycles. The van der Waals surface area contributed by atoms with Crippen LogP contribution in [0.3, 0.4) is 0 Å². The van der Waals surface area contributed by atoms with Gasteiger partial charge in [0.25, 0.3) is 0 Å². The monoisotopic (exact) mass is 324 g/mol. The summed E-state index contributed by atoms with van der Waals surface area (Å²) in [5.41, 5.74) is 5.58. The molecular weight excluding hydrogens is 304 g/mol. The number of hydrogen-bond donors (Lipinski definition) is 1. The van der Waals surface area contributed by atoms with Crippen molar-refractivity contribution in [3.63, 3.8) is 0 Å². The second kappa shape index (κ2) is 6.81. The maximum absolute atomic E-state index is 11.1. The first-order valence-corrected chi connectivity index (χ1v) is 8.01. The highest BCUT2D eigenvalue weighted by atomic mass is 35.5. The summed E-state index contributed by atoms with van der Waals surface area (Å²) in [5.74, 6) is 0.892. The maximum Gasteiger partial charge on any atom is 0.250 e. The van der Waals surface area contributed by atoms with Crippen molar-refractivity contribution < 1.29 is 9.53 Å². The second-order valence-corrected chi connectivity index (χ2v) is 6.32. The minimum absolute atomic E-state index is 0.341. The van der Waals surface area contributed by atoms with Crippen LogP contribution in [-0.2, 0) is 4.74 Å². The molecule has 6 nitrogen and oxygen atoms in total. The average molecular weight is 325 g/mol. The van der Waals surface area contributed by atoms with Crippen molar-refractivity contribution >= 4 is 23.3 Å². The molecule has 0 aliphatic carbocycles. The molecule has 2 aliphatic rings. The average Bonchev–Trinajstić information content (AvgIpc) is 3.01. The highest BCUT2D eigenvalue weighted by molar-refractivity contribution is 6.33. The molecule has 3 heterocycles. The van der Waals surface area contributed by atoms with Gasteiger partial charge in [-0.15, -0.1) is 0 Å². The molecule has 0 saturated carbocycles. The van der Waals surface area contributed by atoms with E-state index in [1.165, 1.54) is 12.6 Å². The van der Waals surface area contributed by atoms with E-state index in [4.69, 9.17) is 22.1 Å². The Labute approximate surface area is 135 Å². The zero-order valence-electron chi connectivity index (χ0n) is 12.5. The molecule has 2 aliphatic heterocycles. The number of hydrogen-bond acceptors (Lipinski definition) is 5. The fraction of sp³-hybridized carbons (Fsp3) is 0.600. The van der Waals surface area contributed by atoms with Gasteiger partial charge in [-0.25, -0.2) is 4.98 Å². The predicted molar refractivity (Wildman–Crippen MR) is 85.3 cm³/mol. The molecule has 1 aromatic heterocycles. The van der Waals surface area contributed by atoms with Gasteiger partial charge in [0.05, 0.1) is 17.2 Å². The number of rotatable bonds is 4. The van der Waals surface area contributed by atoms with Crippen molar-refractivity contribution in [2.24, 2.45) is 11.7 Å². The smallest absolute Gasteiger partial charge is 0.250 e. The summed E-state index contributed by atoms with van der Waals surface area (Å²) < 4.78 is 5.43. The molecule has 1 aromatic rings. The predicted octanol–water partition coefficient (Wildman–Crippen LogP) is 0.992. The van der Waals surface area contributed by atoms with E-state index in [0.29, 0.717) is 16.5 Å². The number of halogens is 1. The van der Waals surface area contributed by atoms with Gasteiger partial charge in [-0.1, -0.05) is 11.6 Å². The number of amides is 1. The molecule has 2 saturated heterocycles. The highest BCUT2D eigenvalue weighted by Gasteiger charge is 2.24. The molecule has 2 fully saturated rings. The highest BCUT2D eigenvalue weighted by Crippen LogP contribution is 2.25. The molecule has 3 rings (SSSR count). The molecule has 0 bridgehead atoms. The minimum atomic E-state index is -0.510. The van der Waals surface area contributed by atoms with E-state index in [0.717, 1.165) is 51.8 Å². The number of ether oxygens (including phenoxy) is 1. The zero-order valence-corrected chi connectivity index (χ0v) is 13.3. The van der Waals surface area contributed by atoms with Gasteiger partial charge in [-0.3, -0.25) is 9.69 Å². The summed E-state index contributed by atoms with van der Waals surface area (Å²) >= 11 is 6.24. The Hall–Kier alpha value is -1.37. The van der Waals surface area contributed by atoms with Crippen molar-refractivity contribution in [3.05, 3.63) is 22.8 Å². The molecule has 1 amide bonds. The van der Waals surface area contributed by atoms with Crippen LogP contribution < -0.4 is 10.6 Å². The molecule has 1 atom stereocenters. The Morgan fingerprint density at radius 1 is 1.41 bits per heavy atom. The van der Waals surface area contributed by atoms with Gasteiger partial charge in [0.15, 0.2) is 0 Å². The first-order chi connectivity index (χ1) is 10.6. The second-order valence-electron chi connectivity index (χ2n) is 5.91. The molecule has 120 valence electrons. The van der Waals surface area contributed by atoms with Gasteiger partial charge in [0.1, 0.15) is 5.82 Å². The van der Waals surface area contributed by atoms with E-state index in [2.05, 4.69) is 14.8 Å². The minimum Gasteiger partial charge on any atom is -0.381 e. The van der Waals surface area contributed by atoms with Gasteiger partial charge < -0.3 is 15.4 Å². The lowest BCUT2D eigenvalue weighted by Crippen LogP contribution is -2.48. The van der Waals surface area contributed by atoms with E-state index in [1.54, 1.807) is 6.07 Å². The van der Waals surface area contributed by atoms with Gasteiger partial charge >= 0.3 is 0 Å². The quantitative estimate of drug-likeness (QED) is 0.894. The molecular formula is C15H21ClN4O2. The van der Waals surface area contributed by atoms with Crippen molar-refractivity contribution in [3.8, 4) is 0 Å². The number of primary amides is 1. The number of pyridine rings is 1. The summed E-state index contributed by atoms with van der Waals surface area (Å²) in [6, 6.07) is 1.59. The summed E-state index contributed by atoms with van der Waals surface area (Å²) in [5, 5.41) is 0.481. The number of carbonyl (C=O) groups excluding carboxylic acids is 1. The number of nitrogens with two attached hydrogens (primary N) is 1. The topological polar surface area (TPSA) is 71.7 Å². The summed E-state index contributed by atoms with van der Waals surface area (Å²) in [6.45, 7) is 6.65. The van der Waals surface area contributed by atoms with Crippen LogP contribution in [0.1, 0.15) is 16.8 Å². The van der Waals surface area contributed by atoms with Crippen LogP contribution in [0.25, 0.3) is 0 Å². The fourth-order valence-electron chi connectivity index (χ4n) is 3.03. The molecule has 2 N–H and O–H groups in total. The lowest BCUT2D eigenvalue weighted by Gasteiger charge is -2.36. The summed E-state index contributed by atoms with van der Waals surface area (Å²) in [6.07, 6.45) is 2.66. The maximum atomic E-state index is 11.1. The standard InChI is InChI=1S/C15H21ClN4O2/c16-13-7-12(14(17)21)8-18-15(13)20-4-2-19(3-5-20)9-11-1-6-22-10-11/h7-8,11H,1-6,9-10H2,(H2,17,21). The fourth-order valence-corrected chi connectivity index (χ4v) is 3.32. The van der Waals surface area contributed by atoms with E-state index in [1.807, 2.05) is 0 Å². The number of piperazine rings is 1. The van der Waals surface area contributed by atoms with Crippen molar-refractivity contribution in [2.75, 3.05) is 50.8 Å². The molecule has 0 radical (unpaired) electrons. The van der Waals surface area contributed by atoms with Crippen LogP contribution >= 0.6 is 11.6 Å². The van der Waals surface area contributed by atoms with Crippen molar-refractivity contribution in [1.29, 1.82) is 0 Å². The molecule has 1 unspecified atom stereocenters. The molecule has 7 heteroatoms. The van der Waals surface area contributed by atoms with E-state index < -0.39 is 5.91 Å². The Morgan fingerprint density at radius 3 is 2.77 bits per heavy atom. The lowest BCUT2D eigenvalue weighted by atomic mass is 10.1. The van der Waals surface area contributed by atoms with Crippen LogP contribution in [0.4, 0.5) is 5.82 Å². The van der Waals surface area contributed by atoms with Gasteiger partial charge in [0, 0.05) is 45.5 Å². The first kappa shape index (κ1) is 15.5. The SMILES string of the molecule is NC(=O)c1cnc(N2CCN(CC3CCOC3)CC2)c(Cl)c1. The third-order valence-electron chi connectivity index (χ3n) is 4.32. The van der Waals surface area contributed by atoms with E-state index in [9.17, 15) is 4.79 Å². The van der Waals surface area contributed by atoms with Crippen LogP contribution in [0.2, 0.25) is 5.02 Å². The van der Waals surface area contributed by atoms with Crippen LogP contribution in [-0.4, -0.2) is 61.7 Å². The summed E-state index contributed by atoms with van der Waals surface area (Å²) in [4.78, 5) is 20.1. The Balaban J connectivity index is 1.57. The van der Waals surface area contributed by atoms with Crippen LogP contribution in [0.5, 0.6) is 0 Å². The van der Waals surface area contributed by atoms with E-state index >= 15 is 0 Å². The largest absolute Gasteiger partial charge is 0.381 e. The zero-order chi connectivity index (χ0) is 15.5. The first-order valence-electron chi connectivity index (χ1n) is 7.64. The Bertz CT molecular complexity index is 540. The third kappa shape index (κ3) is 3.51. The number of nitrogens with zero attached hydrogens (tertiary/aromatic N) is 3.